The number of hydrogen-bond acceptors (Lipinski definition) is 7. The van der Waals surface area contributed by atoms with Gasteiger partial charge in [-0.25, -0.2) is 9.78 Å². The maximum absolute atomic E-state index is 11.3. The Hall–Kier alpha value is -2.99. The smallest absolute Gasteiger partial charge is 0.354 e. The molecule has 0 amide bonds. The third-order valence-electron chi connectivity index (χ3n) is 8.43. The number of carbonyl (C=O) groups is 1. The molecule has 1 aliphatic heterocycles. The van der Waals surface area contributed by atoms with Crippen molar-refractivity contribution in [2.45, 2.75) is 82.3 Å². The average molecular weight is 535 g/mol. The highest BCUT2D eigenvalue weighted by Gasteiger charge is 2.46. The molecular weight excluding hydrogens is 500 g/mol. The molecule has 1 aromatic heterocycles. The largest absolute Gasteiger partial charge is 0.477 e. The molecule has 2 heterocycles. The Morgan fingerprint density at radius 1 is 1.08 bits per heavy atom. The van der Waals surface area contributed by atoms with Gasteiger partial charge in [-0.15, -0.1) is 0 Å². The summed E-state index contributed by atoms with van der Waals surface area (Å²) in [6.45, 7) is 0. The van der Waals surface area contributed by atoms with Gasteiger partial charge in [0.25, 0.3) is 0 Å². The lowest BCUT2D eigenvalue weighted by Gasteiger charge is -2.34. The number of nitrogens with zero attached hydrogens (tertiary/aromatic N) is 4. The van der Waals surface area contributed by atoms with E-state index in [0.29, 0.717) is 16.5 Å². The molecular formula is C29H35ClN6O2. The molecule has 1 aromatic carbocycles. The van der Waals surface area contributed by atoms with Crippen LogP contribution in [0.25, 0.3) is 0 Å². The maximum atomic E-state index is 11.3. The van der Waals surface area contributed by atoms with Crippen LogP contribution in [0.1, 0.15) is 91.5 Å². The molecule has 8 nitrogen and oxygen atoms in total. The molecule has 2 fully saturated rings. The van der Waals surface area contributed by atoms with Gasteiger partial charge < -0.3 is 16.6 Å². The van der Waals surface area contributed by atoms with Crippen LogP contribution in [0, 0.1) is 23.2 Å². The predicted octanol–water partition coefficient (Wildman–Crippen LogP) is 5.21. The van der Waals surface area contributed by atoms with E-state index in [1.54, 1.807) is 12.1 Å². The van der Waals surface area contributed by atoms with E-state index in [0.717, 1.165) is 48.3 Å². The molecule has 2 aromatic rings. The second-order valence-electron chi connectivity index (χ2n) is 11.1. The number of rotatable bonds is 3. The second-order valence-corrected chi connectivity index (χ2v) is 11.5. The summed E-state index contributed by atoms with van der Waals surface area (Å²) in [5.74, 6) is -0.170. The van der Waals surface area contributed by atoms with Crippen molar-refractivity contribution in [2.24, 2.45) is 28.4 Å². The number of hydrogen-bond donors (Lipinski definition) is 3. The highest BCUT2D eigenvalue weighted by atomic mass is 35.5. The van der Waals surface area contributed by atoms with Gasteiger partial charge in [-0.1, -0.05) is 43.7 Å². The van der Waals surface area contributed by atoms with Gasteiger partial charge in [-0.2, -0.15) is 10.4 Å². The fourth-order valence-corrected chi connectivity index (χ4v) is 6.71. The molecule has 2 saturated carbocycles. The van der Waals surface area contributed by atoms with Gasteiger partial charge in [0, 0.05) is 11.5 Å². The Labute approximate surface area is 228 Å². The highest BCUT2D eigenvalue weighted by molar-refractivity contribution is 6.32. The van der Waals surface area contributed by atoms with Crippen molar-refractivity contribution >= 4 is 29.0 Å². The van der Waals surface area contributed by atoms with E-state index in [9.17, 15) is 15.2 Å². The number of carboxylic acid groups (broad SMARTS) is 1. The molecule has 0 spiro atoms. The minimum absolute atomic E-state index is 0.0777. The Morgan fingerprint density at radius 2 is 1.82 bits per heavy atom. The lowest BCUT2D eigenvalue weighted by Crippen LogP contribution is -2.50. The molecule has 9 heteroatoms. The van der Waals surface area contributed by atoms with Crippen molar-refractivity contribution < 1.29 is 9.90 Å². The van der Waals surface area contributed by atoms with Gasteiger partial charge in [0.1, 0.15) is 11.8 Å². The summed E-state index contributed by atoms with van der Waals surface area (Å²) in [6.07, 6.45) is 12.3. The van der Waals surface area contributed by atoms with E-state index in [4.69, 9.17) is 28.2 Å². The van der Waals surface area contributed by atoms with E-state index in [1.807, 2.05) is 18.2 Å². The zero-order valence-electron chi connectivity index (χ0n) is 21.6. The Balaban J connectivity index is 0.000000316. The van der Waals surface area contributed by atoms with E-state index >= 15 is 0 Å². The maximum Gasteiger partial charge on any atom is 0.354 e. The van der Waals surface area contributed by atoms with E-state index in [1.165, 1.54) is 44.9 Å². The van der Waals surface area contributed by atoms with Crippen LogP contribution in [0.3, 0.4) is 0 Å². The summed E-state index contributed by atoms with van der Waals surface area (Å²) in [5, 5.41) is 26.1. The molecule has 0 bridgehead atoms. The van der Waals surface area contributed by atoms with E-state index < -0.39 is 5.97 Å². The fraction of sp³-hybridized carbons (Fsp3) is 0.517. The number of hydrazone groups is 1. The van der Waals surface area contributed by atoms with Crippen molar-refractivity contribution in [1.29, 1.82) is 5.26 Å². The normalized spacial score (nSPS) is 23.9. The lowest BCUT2D eigenvalue weighted by atomic mass is 9.76. The number of fused-ring (bicyclic) bond motifs is 3. The Bertz CT molecular complexity index is 1270. The monoisotopic (exact) mass is 534 g/mol. The molecule has 0 radical (unpaired) electrons. The fourth-order valence-electron chi connectivity index (χ4n) is 6.49. The van der Waals surface area contributed by atoms with Crippen LogP contribution >= 0.6 is 11.6 Å². The van der Waals surface area contributed by atoms with Crippen molar-refractivity contribution in [1.82, 2.24) is 4.98 Å². The Kier molecular flexibility index (Phi) is 7.71. The third-order valence-corrected chi connectivity index (χ3v) is 8.74. The molecule has 200 valence electrons. The van der Waals surface area contributed by atoms with E-state index in [-0.39, 0.29) is 23.3 Å². The van der Waals surface area contributed by atoms with Gasteiger partial charge in [-0.05, 0) is 74.8 Å². The average Bonchev–Trinajstić information content (AvgIpc) is 3.56. The number of halogens is 1. The van der Waals surface area contributed by atoms with Crippen LogP contribution in [-0.4, -0.2) is 33.5 Å². The number of nitriles is 1. The van der Waals surface area contributed by atoms with Crippen LogP contribution in [0.4, 0.5) is 5.69 Å². The second kappa shape index (κ2) is 11.0. The molecule has 3 aliphatic carbocycles. The van der Waals surface area contributed by atoms with Gasteiger partial charge in [0.15, 0.2) is 0 Å². The first-order chi connectivity index (χ1) is 18.3. The number of pyridine rings is 1. The van der Waals surface area contributed by atoms with Gasteiger partial charge in [-0.3, -0.25) is 5.01 Å². The summed E-state index contributed by atoms with van der Waals surface area (Å²) >= 11 is 6.33. The first-order valence-corrected chi connectivity index (χ1v) is 14.0. The van der Waals surface area contributed by atoms with Gasteiger partial charge in [0.2, 0.25) is 0 Å². The summed E-state index contributed by atoms with van der Waals surface area (Å²) < 4.78 is 0. The first-order valence-electron chi connectivity index (χ1n) is 13.7. The number of nitrogens with two attached hydrogens (primary N) is 2. The van der Waals surface area contributed by atoms with Crippen molar-refractivity contribution in [3.8, 4) is 6.07 Å². The van der Waals surface area contributed by atoms with Crippen molar-refractivity contribution in [3.63, 3.8) is 0 Å². The van der Waals surface area contributed by atoms with Crippen LogP contribution in [0.2, 0.25) is 5.02 Å². The van der Waals surface area contributed by atoms with Crippen LogP contribution in [0.15, 0.2) is 35.4 Å². The van der Waals surface area contributed by atoms with Crippen molar-refractivity contribution in [2.75, 3.05) is 5.01 Å². The van der Waals surface area contributed by atoms with E-state index in [2.05, 4.69) is 16.1 Å². The van der Waals surface area contributed by atoms with Crippen molar-refractivity contribution in [3.05, 3.63) is 57.9 Å². The molecule has 5 N–H and O–H groups in total. The number of aromatic nitrogens is 1. The Morgan fingerprint density at radius 3 is 2.42 bits per heavy atom. The zero-order chi connectivity index (χ0) is 26.9. The summed E-state index contributed by atoms with van der Waals surface area (Å²) in [7, 11) is 0. The standard InChI is InChI=1S/C23H21ClN4O2.C6H14N2/c24-18-11-15(6-5-14(18)12-25)28-22(13-3-1-2-4-13)17-8-9-19-16(21(17)27-28)7-10-20(26-19)23(29)30;7-6(8)4-2-1-3-5-6/h5-7,10-11,13,17,22H,1-4,8-9H2,(H,29,30);1-5,7-8H2/t17-,22-;/m0./s1. The van der Waals surface area contributed by atoms with Crippen LogP contribution in [0.5, 0.6) is 0 Å². The molecule has 2 atom stereocenters. The first kappa shape index (κ1) is 26.6. The molecule has 6 rings (SSSR count). The number of anilines is 1. The predicted molar refractivity (Wildman–Crippen MR) is 148 cm³/mol. The van der Waals surface area contributed by atoms with Crippen LogP contribution in [-0.2, 0) is 6.42 Å². The zero-order valence-corrected chi connectivity index (χ0v) is 22.3. The van der Waals surface area contributed by atoms with Gasteiger partial charge in [0.05, 0.1) is 39.4 Å². The van der Waals surface area contributed by atoms with Crippen LogP contribution < -0.4 is 16.5 Å². The molecule has 38 heavy (non-hydrogen) atoms. The minimum Gasteiger partial charge on any atom is -0.477 e. The molecule has 4 aliphatic rings. The number of aromatic carboxylic acids is 1. The minimum atomic E-state index is -1.01. The summed E-state index contributed by atoms with van der Waals surface area (Å²) in [4.78, 5) is 15.7. The topological polar surface area (TPSA) is 142 Å². The SMILES string of the molecule is N#Cc1ccc(N2N=C3c4ccc(C(=O)O)nc4CC[C@@H]3[C@@H]2C2CCCC2)cc1Cl.NC1(N)CCCCC1. The van der Waals surface area contributed by atoms with Gasteiger partial charge >= 0.3 is 5.97 Å². The quantitative estimate of drug-likeness (QED) is 0.458. The number of aryl methyl sites for hydroxylation is 1. The number of carboxylic acids is 1. The number of benzene rings is 1. The third kappa shape index (κ3) is 5.42. The highest BCUT2D eigenvalue weighted by Crippen LogP contribution is 2.45. The summed E-state index contributed by atoms with van der Waals surface area (Å²) in [5.41, 5.74) is 15.2. The molecule has 0 saturated heterocycles. The molecule has 0 unspecified atom stereocenters. The lowest BCUT2D eigenvalue weighted by molar-refractivity contribution is 0.0690. The summed E-state index contributed by atoms with van der Waals surface area (Å²) in [6, 6.07) is 11.3.